The second-order valence-corrected chi connectivity index (χ2v) is 3.54. The van der Waals surface area contributed by atoms with Gasteiger partial charge in [0.05, 0.1) is 0 Å². The zero-order valence-corrected chi connectivity index (χ0v) is 9.36. The number of hydrogen-bond acceptors (Lipinski definition) is 4. The van der Waals surface area contributed by atoms with Gasteiger partial charge in [0.25, 0.3) is 0 Å². The molecule has 0 aliphatic rings. The fraction of sp³-hybridized carbons (Fsp3) is 0.167. The van der Waals surface area contributed by atoms with Crippen LogP contribution >= 0.6 is 0 Å². The molecule has 0 amide bonds. The average Bonchev–Trinajstić information content (AvgIpc) is 2.32. The summed E-state index contributed by atoms with van der Waals surface area (Å²) in [5.74, 6) is 0.610. The lowest BCUT2D eigenvalue weighted by molar-refractivity contribution is 1.13. The molecular weight excluding hydrogens is 200 g/mol. The molecule has 0 bridgehead atoms. The van der Waals surface area contributed by atoms with Crippen LogP contribution in [0.2, 0.25) is 0 Å². The van der Waals surface area contributed by atoms with Gasteiger partial charge in [0.15, 0.2) is 0 Å². The highest BCUT2D eigenvalue weighted by Gasteiger charge is 1.97. The molecule has 0 atom stereocenters. The second kappa shape index (κ2) is 4.61. The van der Waals surface area contributed by atoms with E-state index in [2.05, 4.69) is 20.6 Å². The number of nitrogens with one attached hydrogen (secondary N) is 2. The van der Waals surface area contributed by atoms with E-state index >= 15 is 0 Å². The molecular formula is C12H14N4. The van der Waals surface area contributed by atoms with Crippen LogP contribution in [0.25, 0.3) is 0 Å². The van der Waals surface area contributed by atoms with Crippen molar-refractivity contribution in [2.24, 2.45) is 0 Å². The lowest BCUT2D eigenvalue weighted by atomic mass is 10.3. The Morgan fingerprint density at radius 3 is 2.44 bits per heavy atom. The van der Waals surface area contributed by atoms with Crippen LogP contribution in [0.4, 0.5) is 17.3 Å². The van der Waals surface area contributed by atoms with E-state index in [0.29, 0.717) is 5.95 Å². The lowest BCUT2D eigenvalue weighted by Gasteiger charge is -2.06. The van der Waals surface area contributed by atoms with Crippen molar-refractivity contribution in [1.29, 1.82) is 0 Å². The number of anilines is 3. The average molecular weight is 214 g/mol. The van der Waals surface area contributed by atoms with Crippen LogP contribution in [0, 0.1) is 6.92 Å². The maximum absolute atomic E-state index is 4.19. The van der Waals surface area contributed by atoms with Gasteiger partial charge in [0, 0.05) is 30.8 Å². The van der Waals surface area contributed by atoms with E-state index in [1.165, 1.54) is 0 Å². The third kappa shape index (κ3) is 2.48. The maximum Gasteiger partial charge on any atom is 0.227 e. The van der Waals surface area contributed by atoms with Crippen LogP contribution < -0.4 is 10.6 Å². The van der Waals surface area contributed by atoms with Crippen LogP contribution in [-0.2, 0) is 0 Å². The zero-order chi connectivity index (χ0) is 11.4. The Morgan fingerprint density at radius 1 is 1.06 bits per heavy atom. The molecule has 2 rings (SSSR count). The summed E-state index contributed by atoms with van der Waals surface area (Å²) in [7, 11) is 1.89. The van der Waals surface area contributed by atoms with Crippen molar-refractivity contribution in [3.63, 3.8) is 0 Å². The van der Waals surface area contributed by atoms with Gasteiger partial charge in [-0.25, -0.2) is 9.97 Å². The van der Waals surface area contributed by atoms with Crippen LogP contribution in [-0.4, -0.2) is 17.0 Å². The lowest BCUT2D eigenvalue weighted by Crippen LogP contribution is -1.97. The van der Waals surface area contributed by atoms with Gasteiger partial charge < -0.3 is 10.6 Å². The molecule has 16 heavy (non-hydrogen) atoms. The molecule has 2 N–H and O–H groups in total. The molecule has 0 saturated carbocycles. The van der Waals surface area contributed by atoms with Crippen molar-refractivity contribution in [2.45, 2.75) is 6.92 Å². The van der Waals surface area contributed by atoms with E-state index in [9.17, 15) is 0 Å². The van der Waals surface area contributed by atoms with Crippen LogP contribution in [0.15, 0.2) is 36.7 Å². The highest BCUT2D eigenvalue weighted by atomic mass is 15.1. The molecule has 0 fully saturated rings. The molecule has 82 valence electrons. The minimum absolute atomic E-state index is 0.610. The molecule has 0 unspecified atom stereocenters. The summed E-state index contributed by atoms with van der Waals surface area (Å²) in [6.45, 7) is 1.96. The van der Waals surface area contributed by atoms with E-state index in [0.717, 1.165) is 16.9 Å². The number of aromatic nitrogens is 2. The molecule has 1 heterocycles. The Morgan fingerprint density at radius 2 is 1.75 bits per heavy atom. The van der Waals surface area contributed by atoms with Crippen molar-refractivity contribution in [3.8, 4) is 0 Å². The topological polar surface area (TPSA) is 49.8 Å². The first-order valence-electron chi connectivity index (χ1n) is 5.11. The van der Waals surface area contributed by atoms with Gasteiger partial charge in [-0.05, 0) is 30.7 Å². The fourth-order valence-corrected chi connectivity index (χ4v) is 1.34. The Bertz CT molecular complexity index is 465. The molecule has 0 radical (unpaired) electrons. The minimum atomic E-state index is 0.610. The molecule has 1 aromatic heterocycles. The quantitative estimate of drug-likeness (QED) is 0.824. The van der Waals surface area contributed by atoms with E-state index in [1.807, 2.05) is 38.2 Å². The summed E-state index contributed by atoms with van der Waals surface area (Å²) in [5.41, 5.74) is 3.07. The summed E-state index contributed by atoms with van der Waals surface area (Å²) in [4.78, 5) is 8.37. The van der Waals surface area contributed by atoms with E-state index in [4.69, 9.17) is 0 Å². The largest absolute Gasteiger partial charge is 0.388 e. The van der Waals surface area contributed by atoms with Gasteiger partial charge in [-0.15, -0.1) is 0 Å². The number of nitrogens with zero attached hydrogens (tertiary/aromatic N) is 2. The van der Waals surface area contributed by atoms with Gasteiger partial charge in [-0.1, -0.05) is 6.07 Å². The molecule has 4 heteroatoms. The first-order chi connectivity index (χ1) is 7.78. The Labute approximate surface area is 94.8 Å². The minimum Gasteiger partial charge on any atom is -0.388 e. The fourth-order valence-electron chi connectivity index (χ4n) is 1.34. The van der Waals surface area contributed by atoms with Gasteiger partial charge in [-0.2, -0.15) is 0 Å². The number of aryl methyl sites for hydroxylation is 1. The summed E-state index contributed by atoms with van der Waals surface area (Å²) in [5, 5.41) is 6.23. The Kier molecular flexibility index (Phi) is 3.00. The van der Waals surface area contributed by atoms with E-state index < -0.39 is 0 Å². The standard InChI is InChI=1S/C12H14N4/c1-9-7-14-12(15-8-9)16-11-5-3-4-10(6-11)13-2/h3-8,13H,1-2H3,(H,14,15,16). The van der Waals surface area contributed by atoms with Gasteiger partial charge in [0.2, 0.25) is 5.95 Å². The maximum atomic E-state index is 4.19. The summed E-state index contributed by atoms with van der Waals surface area (Å²) < 4.78 is 0. The number of hydrogen-bond donors (Lipinski definition) is 2. The normalized spacial score (nSPS) is 9.88. The predicted octanol–water partition coefficient (Wildman–Crippen LogP) is 2.57. The summed E-state index contributed by atoms with van der Waals surface area (Å²) in [6, 6.07) is 7.96. The Hall–Kier alpha value is -2.10. The number of benzene rings is 1. The van der Waals surface area contributed by atoms with Crippen LogP contribution in [0.1, 0.15) is 5.56 Å². The third-order valence-electron chi connectivity index (χ3n) is 2.19. The van der Waals surface area contributed by atoms with Crippen molar-refractivity contribution in [3.05, 3.63) is 42.2 Å². The Balaban J connectivity index is 2.16. The molecule has 1 aromatic carbocycles. The molecule has 0 spiro atoms. The van der Waals surface area contributed by atoms with Crippen molar-refractivity contribution in [1.82, 2.24) is 9.97 Å². The first kappa shape index (κ1) is 10.4. The van der Waals surface area contributed by atoms with Gasteiger partial charge >= 0.3 is 0 Å². The van der Waals surface area contributed by atoms with Crippen LogP contribution in [0.5, 0.6) is 0 Å². The van der Waals surface area contributed by atoms with Gasteiger partial charge in [0.1, 0.15) is 0 Å². The second-order valence-electron chi connectivity index (χ2n) is 3.54. The van der Waals surface area contributed by atoms with Gasteiger partial charge in [-0.3, -0.25) is 0 Å². The monoisotopic (exact) mass is 214 g/mol. The first-order valence-corrected chi connectivity index (χ1v) is 5.11. The molecule has 4 nitrogen and oxygen atoms in total. The van der Waals surface area contributed by atoms with Crippen molar-refractivity contribution in [2.75, 3.05) is 17.7 Å². The van der Waals surface area contributed by atoms with E-state index in [-0.39, 0.29) is 0 Å². The molecule has 0 aliphatic carbocycles. The van der Waals surface area contributed by atoms with Crippen LogP contribution in [0.3, 0.4) is 0 Å². The smallest absolute Gasteiger partial charge is 0.227 e. The highest BCUT2D eigenvalue weighted by molar-refractivity contribution is 5.60. The zero-order valence-electron chi connectivity index (χ0n) is 9.36. The molecule has 0 saturated heterocycles. The van der Waals surface area contributed by atoms with Crippen molar-refractivity contribution >= 4 is 17.3 Å². The molecule has 2 aromatic rings. The van der Waals surface area contributed by atoms with E-state index in [1.54, 1.807) is 12.4 Å². The summed E-state index contributed by atoms with van der Waals surface area (Å²) in [6.07, 6.45) is 3.58. The SMILES string of the molecule is CNc1cccc(Nc2ncc(C)cn2)c1. The summed E-state index contributed by atoms with van der Waals surface area (Å²) >= 11 is 0. The highest BCUT2D eigenvalue weighted by Crippen LogP contribution is 2.17. The van der Waals surface area contributed by atoms with Crippen molar-refractivity contribution < 1.29 is 0 Å². The predicted molar refractivity (Wildman–Crippen MR) is 66.0 cm³/mol. The molecule has 0 aliphatic heterocycles. The third-order valence-corrected chi connectivity index (χ3v) is 2.19. The number of rotatable bonds is 3.